The highest BCUT2D eigenvalue weighted by Crippen LogP contribution is 2.09. The smallest absolute Gasteiger partial charge is 0.330 e. The first-order chi connectivity index (χ1) is 8.00. The van der Waals surface area contributed by atoms with Gasteiger partial charge in [-0.3, -0.25) is 13.9 Å². The molecule has 0 spiro atoms. The first-order valence-electron chi connectivity index (χ1n) is 5.57. The van der Waals surface area contributed by atoms with Gasteiger partial charge in [-0.25, -0.2) is 4.79 Å². The third kappa shape index (κ3) is 3.07. The summed E-state index contributed by atoms with van der Waals surface area (Å²) in [6.45, 7) is 2.49. The predicted octanol–water partition coefficient (Wildman–Crippen LogP) is 0.781. The molecule has 0 aliphatic rings. The summed E-state index contributed by atoms with van der Waals surface area (Å²) in [5.41, 5.74) is 0.0564. The van der Waals surface area contributed by atoms with E-state index in [0.29, 0.717) is 16.7 Å². The van der Waals surface area contributed by atoms with Crippen LogP contribution in [-0.2, 0) is 13.6 Å². The molecular weight excluding hydrogens is 288 g/mol. The molecule has 0 radical (unpaired) electrons. The van der Waals surface area contributed by atoms with Crippen LogP contribution in [0.2, 0.25) is 0 Å². The van der Waals surface area contributed by atoms with E-state index in [-0.39, 0.29) is 17.9 Å². The zero-order valence-corrected chi connectivity index (χ0v) is 11.7. The Labute approximate surface area is 108 Å². The third-order valence-electron chi connectivity index (χ3n) is 2.77. The molecule has 0 aliphatic carbocycles. The summed E-state index contributed by atoms with van der Waals surface area (Å²) in [6, 6.07) is 0. The number of hydrogen-bond acceptors (Lipinski definition) is 3. The molecule has 1 aromatic heterocycles. The molecule has 0 aromatic carbocycles. The van der Waals surface area contributed by atoms with Crippen molar-refractivity contribution >= 4 is 15.9 Å². The molecule has 0 bridgehead atoms. The van der Waals surface area contributed by atoms with Gasteiger partial charge in [0.15, 0.2) is 0 Å². The summed E-state index contributed by atoms with van der Waals surface area (Å²) in [7, 11) is 1.47. The van der Waals surface area contributed by atoms with Gasteiger partial charge in [0.2, 0.25) is 0 Å². The molecular formula is C11H17BrN2O3. The molecule has 0 saturated carbocycles. The number of unbranched alkanes of at least 4 members (excludes halogenated alkanes) is 2. The lowest BCUT2D eigenvalue weighted by atomic mass is 10.2. The molecule has 0 amide bonds. The van der Waals surface area contributed by atoms with E-state index in [0.717, 1.165) is 23.8 Å². The maximum atomic E-state index is 11.9. The third-order valence-corrected chi connectivity index (χ3v) is 3.69. The van der Waals surface area contributed by atoms with Crippen molar-refractivity contribution < 1.29 is 5.11 Å². The summed E-state index contributed by atoms with van der Waals surface area (Å²) in [5.74, 6) is 0. The van der Waals surface area contributed by atoms with E-state index in [4.69, 9.17) is 5.11 Å². The zero-order chi connectivity index (χ0) is 13.0. The van der Waals surface area contributed by atoms with Crippen molar-refractivity contribution in [3.8, 4) is 0 Å². The van der Waals surface area contributed by atoms with Crippen LogP contribution in [0, 0.1) is 6.92 Å². The minimum absolute atomic E-state index is 0.171. The molecule has 0 unspecified atom stereocenters. The minimum Gasteiger partial charge on any atom is -0.396 e. The molecule has 5 nitrogen and oxygen atoms in total. The van der Waals surface area contributed by atoms with Gasteiger partial charge in [-0.1, -0.05) is 0 Å². The van der Waals surface area contributed by atoms with Crippen LogP contribution in [0.3, 0.4) is 0 Å². The maximum Gasteiger partial charge on any atom is 0.330 e. The molecule has 1 N–H and O–H groups in total. The summed E-state index contributed by atoms with van der Waals surface area (Å²) < 4.78 is 3.12. The Bertz CT molecular complexity index is 505. The van der Waals surface area contributed by atoms with Gasteiger partial charge >= 0.3 is 5.69 Å². The topological polar surface area (TPSA) is 64.2 Å². The Kier molecular flexibility index (Phi) is 5.14. The normalized spacial score (nSPS) is 10.8. The number of nitrogens with zero attached hydrogens (tertiary/aromatic N) is 2. The molecule has 0 fully saturated rings. The lowest BCUT2D eigenvalue weighted by molar-refractivity contribution is 0.281. The molecule has 0 atom stereocenters. The van der Waals surface area contributed by atoms with E-state index < -0.39 is 0 Å². The zero-order valence-electron chi connectivity index (χ0n) is 10.1. The van der Waals surface area contributed by atoms with Crippen LogP contribution in [0.1, 0.15) is 25.0 Å². The highest BCUT2D eigenvalue weighted by molar-refractivity contribution is 9.10. The standard InChI is InChI=1S/C11H17BrN2O3/c1-8-9(12)10(16)13(2)11(17)14(8)6-4-3-5-7-15/h15H,3-7H2,1-2H3. The Morgan fingerprint density at radius 3 is 2.47 bits per heavy atom. The number of rotatable bonds is 5. The van der Waals surface area contributed by atoms with Gasteiger partial charge in [-0.2, -0.15) is 0 Å². The van der Waals surface area contributed by atoms with Gasteiger partial charge in [0.25, 0.3) is 5.56 Å². The van der Waals surface area contributed by atoms with Gasteiger partial charge in [0, 0.05) is 25.9 Å². The molecule has 96 valence electrons. The predicted molar refractivity (Wildman–Crippen MR) is 69.3 cm³/mol. The monoisotopic (exact) mass is 304 g/mol. The maximum absolute atomic E-state index is 11.9. The fraction of sp³-hybridized carbons (Fsp3) is 0.636. The average molecular weight is 305 g/mol. The van der Waals surface area contributed by atoms with Crippen LogP contribution in [0.4, 0.5) is 0 Å². The van der Waals surface area contributed by atoms with Gasteiger partial charge in [-0.05, 0) is 42.1 Å². The molecule has 1 rings (SSSR count). The van der Waals surface area contributed by atoms with Crippen LogP contribution in [0.5, 0.6) is 0 Å². The van der Waals surface area contributed by atoms with Crippen molar-refractivity contribution in [3.05, 3.63) is 31.0 Å². The van der Waals surface area contributed by atoms with Gasteiger partial charge in [0.1, 0.15) is 4.47 Å². The van der Waals surface area contributed by atoms with Crippen molar-refractivity contribution in [1.29, 1.82) is 0 Å². The Hall–Kier alpha value is -0.880. The lowest BCUT2D eigenvalue weighted by Crippen LogP contribution is -2.39. The van der Waals surface area contributed by atoms with Gasteiger partial charge < -0.3 is 5.11 Å². The van der Waals surface area contributed by atoms with Crippen LogP contribution in [-0.4, -0.2) is 20.8 Å². The molecule has 17 heavy (non-hydrogen) atoms. The Morgan fingerprint density at radius 2 is 1.88 bits per heavy atom. The molecule has 1 aromatic rings. The molecule has 0 saturated heterocycles. The van der Waals surface area contributed by atoms with Gasteiger partial charge in [-0.15, -0.1) is 0 Å². The second-order valence-electron chi connectivity index (χ2n) is 3.98. The number of hydrogen-bond donors (Lipinski definition) is 1. The van der Waals surface area contributed by atoms with Crippen LogP contribution >= 0.6 is 15.9 Å². The number of aliphatic hydroxyl groups excluding tert-OH is 1. The van der Waals surface area contributed by atoms with E-state index >= 15 is 0 Å². The Balaban J connectivity index is 3.00. The van der Waals surface area contributed by atoms with E-state index in [2.05, 4.69) is 15.9 Å². The van der Waals surface area contributed by atoms with E-state index in [1.807, 2.05) is 0 Å². The molecule has 0 aliphatic heterocycles. The molecule has 1 heterocycles. The minimum atomic E-state index is -0.306. The number of halogens is 1. The fourth-order valence-corrected chi connectivity index (χ4v) is 2.13. The van der Waals surface area contributed by atoms with Crippen molar-refractivity contribution in [1.82, 2.24) is 9.13 Å². The Morgan fingerprint density at radius 1 is 1.24 bits per heavy atom. The van der Waals surface area contributed by atoms with E-state index in [1.54, 1.807) is 11.5 Å². The largest absolute Gasteiger partial charge is 0.396 e. The summed E-state index contributed by atoms with van der Waals surface area (Å²) >= 11 is 3.20. The van der Waals surface area contributed by atoms with Crippen LogP contribution < -0.4 is 11.2 Å². The quantitative estimate of drug-likeness (QED) is 0.818. The highest BCUT2D eigenvalue weighted by atomic mass is 79.9. The first-order valence-corrected chi connectivity index (χ1v) is 6.36. The van der Waals surface area contributed by atoms with Gasteiger partial charge in [0.05, 0.1) is 0 Å². The number of aliphatic hydroxyl groups is 1. The van der Waals surface area contributed by atoms with E-state index in [1.165, 1.54) is 7.05 Å². The second kappa shape index (κ2) is 6.16. The van der Waals surface area contributed by atoms with Crippen molar-refractivity contribution in [2.75, 3.05) is 6.61 Å². The summed E-state index contributed by atoms with van der Waals surface area (Å²) in [6.07, 6.45) is 2.41. The summed E-state index contributed by atoms with van der Waals surface area (Å²) in [5, 5.41) is 8.68. The molecule has 6 heteroatoms. The van der Waals surface area contributed by atoms with Crippen molar-refractivity contribution in [2.45, 2.75) is 32.7 Å². The van der Waals surface area contributed by atoms with E-state index in [9.17, 15) is 9.59 Å². The summed E-state index contributed by atoms with van der Waals surface area (Å²) in [4.78, 5) is 23.5. The fourth-order valence-electron chi connectivity index (χ4n) is 1.65. The second-order valence-corrected chi connectivity index (χ2v) is 4.78. The average Bonchev–Trinajstić information content (AvgIpc) is 2.33. The van der Waals surface area contributed by atoms with Crippen LogP contribution in [0.15, 0.2) is 14.1 Å². The lowest BCUT2D eigenvalue weighted by Gasteiger charge is -2.12. The van der Waals surface area contributed by atoms with Crippen molar-refractivity contribution in [2.24, 2.45) is 7.05 Å². The SMILES string of the molecule is Cc1c(Br)c(=O)n(C)c(=O)n1CCCCCO. The number of aromatic nitrogens is 2. The highest BCUT2D eigenvalue weighted by Gasteiger charge is 2.11. The first kappa shape index (κ1) is 14.2. The van der Waals surface area contributed by atoms with Crippen LogP contribution in [0.25, 0.3) is 0 Å². The van der Waals surface area contributed by atoms with Crippen molar-refractivity contribution in [3.63, 3.8) is 0 Å².